The van der Waals surface area contributed by atoms with E-state index in [0.717, 1.165) is 0 Å². The van der Waals surface area contributed by atoms with Gasteiger partial charge in [-0.3, -0.25) is 9.59 Å². The molecule has 1 saturated carbocycles. The maximum atomic E-state index is 12.1. The van der Waals surface area contributed by atoms with Crippen LogP contribution in [0.5, 0.6) is 0 Å². The zero-order chi connectivity index (χ0) is 13.3. The summed E-state index contributed by atoms with van der Waals surface area (Å²) in [5.41, 5.74) is 0. The van der Waals surface area contributed by atoms with Crippen LogP contribution >= 0.6 is 15.9 Å². The third-order valence-corrected chi connectivity index (χ3v) is 3.73. The highest BCUT2D eigenvalue weighted by molar-refractivity contribution is 9.10. The molecule has 2 unspecified atom stereocenters. The number of nitrogens with zero attached hydrogens (tertiary/aromatic N) is 1. The quantitative estimate of drug-likeness (QED) is 0.923. The van der Waals surface area contributed by atoms with Crippen molar-refractivity contribution >= 4 is 27.8 Å². The molecule has 1 aromatic heterocycles. The Bertz CT molecular complexity index is 470. The van der Waals surface area contributed by atoms with Gasteiger partial charge in [0.25, 0.3) is 0 Å². The molecule has 1 amide bonds. The van der Waals surface area contributed by atoms with Crippen LogP contribution in [-0.2, 0) is 16.1 Å². The third kappa shape index (κ3) is 2.58. The molecule has 0 aliphatic heterocycles. The number of aliphatic carboxylic acids is 1. The first-order valence-corrected chi connectivity index (χ1v) is 6.50. The Labute approximate surface area is 113 Å². The minimum atomic E-state index is -0.881. The maximum absolute atomic E-state index is 12.1. The van der Waals surface area contributed by atoms with Gasteiger partial charge >= 0.3 is 5.97 Å². The van der Waals surface area contributed by atoms with Crippen molar-refractivity contribution in [2.75, 3.05) is 7.05 Å². The minimum absolute atomic E-state index is 0.124. The zero-order valence-electron chi connectivity index (χ0n) is 9.93. The van der Waals surface area contributed by atoms with Crippen LogP contribution in [0, 0.1) is 11.8 Å². The summed E-state index contributed by atoms with van der Waals surface area (Å²) < 4.78 is 5.93. The molecule has 1 heterocycles. The zero-order valence-corrected chi connectivity index (χ0v) is 11.5. The Balaban J connectivity index is 1.95. The molecule has 1 N–H and O–H groups in total. The van der Waals surface area contributed by atoms with Crippen LogP contribution in [0.25, 0.3) is 0 Å². The van der Waals surface area contributed by atoms with Crippen molar-refractivity contribution in [2.45, 2.75) is 19.4 Å². The van der Waals surface area contributed by atoms with Crippen LogP contribution < -0.4 is 0 Å². The van der Waals surface area contributed by atoms with E-state index in [4.69, 9.17) is 9.52 Å². The highest BCUT2D eigenvalue weighted by Gasteiger charge is 2.42. The molecule has 1 aromatic rings. The van der Waals surface area contributed by atoms with Crippen LogP contribution in [0.15, 0.2) is 21.2 Å². The summed E-state index contributed by atoms with van der Waals surface area (Å²) >= 11 is 3.19. The molecular formula is C12H14BrNO4. The van der Waals surface area contributed by atoms with E-state index in [0.29, 0.717) is 29.8 Å². The second-order valence-electron chi connectivity index (χ2n) is 4.53. The van der Waals surface area contributed by atoms with Gasteiger partial charge in [-0.1, -0.05) is 0 Å². The molecule has 2 rings (SSSR count). The summed E-state index contributed by atoms with van der Waals surface area (Å²) in [5.74, 6) is -1.24. The number of halogens is 1. The topological polar surface area (TPSA) is 70.8 Å². The van der Waals surface area contributed by atoms with Crippen LogP contribution in [0.4, 0.5) is 0 Å². The van der Waals surface area contributed by atoms with Gasteiger partial charge in [0.05, 0.1) is 18.4 Å². The fourth-order valence-corrected chi connectivity index (χ4v) is 2.46. The van der Waals surface area contributed by atoms with Crippen molar-refractivity contribution in [3.05, 3.63) is 22.6 Å². The third-order valence-electron chi connectivity index (χ3n) is 3.31. The number of carbonyl (C=O) groups is 2. The molecule has 1 aliphatic carbocycles. The van der Waals surface area contributed by atoms with Gasteiger partial charge in [0.2, 0.25) is 5.91 Å². The summed E-state index contributed by atoms with van der Waals surface area (Å²) in [5, 5.41) is 8.93. The molecule has 6 heteroatoms. The first-order chi connectivity index (χ1) is 8.49. The van der Waals surface area contributed by atoms with Gasteiger partial charge < -0.3 is 14.4 Å². The first-order valence-electron chi connectivity index (χ1n) is 5.71. The van der Waals surface area contributed by atoms with Gasteiger partial charge in [-0.2, -0.15) is 0 Å². The van der Waals surface area contributed by atoms with Gasteiger partial charge in [0, 0.05) is 7.05 Å². The molecule has 0 aromatic carbocycles. The lowest BCUT2D eigenvalue weighted by Crippen LogP contribution is -2.44. The summed E-state index contributed by atoms with van der Waals surface area (Å²) in [6.07, 6.45) is 1.24. The lowest BCUT2D eigenvalue weighted by Gasteiger charge is -2.34. The number of rotatable bonds is 4. The van der Waals surface area contributed by atoms with E-state index < -0.39 is 11.9 Å². The highest BCUT2D eigenvalue weighted by Crippen LogP contribution is 2.35. The smallest absolute Gasteiger partial charge is 0.307 e. The average Bonchev–Trinajstić information content (AvgIpc) is 2.61. The van der Waals surface area contributed by atoms with Crippen LogP contribution in [-0.4, -0.2) is 28.9 Å². The molecule has 1 fully saturated rings. The molecule has 0 radical (unpaired) electrons. The SMILES string of the molecule is CN(Cc1ccc(Br)o1)C(=O)C1CCC1C(=O)O. The Morgan fingerprint density at radius 3 is 2.56 bits per heavy atom. The lowest BCUT2D eigenvalue weighted by atomic mass is 9.73. The standard InChI is InChI=1S/C12H14BrNO4/c1-14(6-7-2-5-10(13)18-7)11(15)8-3-4-9(8)12(16)17/h2,5,8-9H,3-4,6H2,1H3,(H,16,17). The summed E-state index contributed by atoms with van der Waals surface area (Å²) in [4.78, 5) is 24.5. The second-order valence-corrected chi connectivity index (χ2v) is 5.31. The molecule has 18 heavy (non-hydrogen) atoms. The van der Waals surface area contributed by atoms with Crippen molar-refractivity contribution in [3.63, 3.8) is 0 Å². The van der Waals surface area contributed by atoms with Gasteiger partial charge in [-0.15, -0.1) is 0 Å². The Kier molecular flexibility index (Phi) is 3.75. The fraction of sp³-hybridized carbons (Fsp3) is 0.500. The normalized spacial score (nSPS) is 22.3. The first kappa shape index (κ1) is 13.1. The van der Waals surface area contributed by atoms with Crippen molar-refractivity contribution in [2.24, 2.45) is 11.8 Å². The number of carbonyl (C=O) groups excluding carboxylic acids is 1. The molecule has 0 saturated heterocycles. The molecular weight excluding hydrogens is 302 g/mol. The van der Waals surface area contributed by atoms with Gasteiger partial charge in [-0.25, -0.2) is 0 Å². The summed E-state index contributed by atoms with van der Waals surface area (Å²) in [6, 6.07) is 3.54. The van der Waals surface area contributed by atoms with Crippen molar-refractivity contribution in [1.82, 2.24) is 4.90 Å². The van der Waals surface area contributed by atoms with E-state index in [2.05, 4.69) is 15.9 Å². The number of carboxylic acid groups (broad SMARTS) is 1. The Morgan fingerprint density at radius 2 is 2.11 bits per heavy atom. The monoisotopic (exact) mass is 315 g/mol. The molecule has 0 bridgehead atoms. The van der Waals surface area contributed by atoms with Gasteiger partial charge in [0.1, 0.15) is 5.76 Å². The van der Waals surface area contributed by atoms with Crippen LogP contribution in [0.1, 0.15) is 18.6 Å². The molecule has 2 atom stereocenters. The molecule has 0 spiro atoms. The number of hydrogen-bond donors (Lipinski definition) is 1. The highest BCUT2D eigenvalue weighted by atomic mass is 79.9. The van der Waals surface area contributed by atoms with Gasteiger partial charge in [-0.05, 0) is 40.9 Å². The molecule has 98 valence electrons. The van der Waals surface area contributed by atoms with Crippen LogP contribution in [0.3, 0.4) is 0 Å². The number of amides is 1. The van der Waals surface area contributed by atoms with E-state index in [9.17, 15) is 9.59 Å². The Hall–Kier alpha value is -1.30. The lowest BCUT2D eigenvalue weighted by molar-refractivity contribution is -0.156. The van der Waals surface area contributed by atoms with E-state index in [-0.39, 0.29) is 11.8 Å². The van der Waals surface area contributed by atoms with E-state index >= 15 is 0 Å². The number of carboxylic acids is 1. The van der Waals surface area contributed by atoms with E-state index in [1.54, 1.807) is 19.2 Å². The van der Waals surface area contributed by atoms with Crippen LogP contribution in [0.2, 0.25) is 0 Å². The summed E-state index contributed by atoms with van der Waals surface area (Å²) in [6.45, 7) is 0.354. The minimum Gasteiger partial charge on any atom is -0.481 e. The van der Waals surface area contributed by atoms with Crippen molar-refractivity contribution < 1.29 is 19.1 Å². The predicted molar refractivity (Wildman–Crippen MR) is 66.7 cm³/mol. The average molecular weight is 316 g/mol. The predicted octanol–water partition coefficient (Wildman–Crippen LogP) is 2.11. The van der Waals surface area contributed by atoms with E-state index in [1.165, 1.54) is 4.90 Å². The molecule has 5 nitrogen and oxygen atoms in total. The fourth-order valence-electron chi connectivity index (χ4n) is 2.12. The van der Waals surface area contributed by atoms with Gasteiger partial charge in [0.15, 0.2) is 4.67 Å². The van der Waals surface area contributed by atoms with E-state index in [1.807, 2.05) is 0 Å². The largest absolute Gasteiger partial charge is 0.481 e. The number of hydrogen-bond acceptors (Lipinski definition) is 3. The Morgan fingerprint density at radius 1 is 1.44 bits per heavy atom. The second kappa shape index (κ2) is 5.14. The number of furan rings is 1. The molecule has 1 aliphatic rings. The van der Waals surface area contributed by atoms with Crippen molar-refractivity contribution in [3.8, 4) is 0 Å². The maximum Gasteiger partial charge on any atom is 0.307 e. The summed E-state index contributed by atoms with van der Waals surface area (Å²) in [7, 11) is 1.66. The van der Waals surface area contributed by atoms with Crippen molar-refractivity contribution in [1.29, 1.82) is 0 Å².